The SMILES string of the molecule is CCCCCCC(C)=NCCCC. The minimum atomic E-state index is 1.04. The Kier molecular flexibility index (Phi) is 9.51. The smallest absolute Gasteiger partial charge is 0.0388 e. The molecule has 1 heteroatoms. The van der Waals surface area contributed by atoms with Gasteiger partial charge in [-0.3, -0.25) is 4.99 Å². The van der Waals surface area contributed by atoms with E-state index in [1.54, 1.807) is 0 Å². The van der Waals surface area contributed by atoms with Crippen LogP contribution in [0.4, 0.5) is 0 Å². The average molecular weight is 183 g/mol. The molecule has 0 aromatic rings. The maximum absolute atomic E-state index is 4.53. The molecular formula is C12H25N. The van der Waals surface area contributed by atoms with Gasteiger partial charge in [-0.25, -0.2) is 0 Å². The Bertz CT molecular complexity index is 127. The Morgan fingerprint density at radius 2 is 1.62 bits per heavy atom. The molecular weight excluding hydrogens is 158 g/mol. The molecule has 78 valence electrons. The highest BCUT2D eigenvalue weighted by atomic mass is 14.7. The van der Waals surface area contributed by atoms with Crippen molar-refractivity contribution >= 4 is 5.71 Å². The molecule has 0 N–H and O–H groups in total. The summed E-state index contributed by atoms with van der Waals surface area (Å²) in [5, 5.41) is 0. The minimum Gasteiger partial charge on any atom is -0.294 e. The van der Waals surface area contributed by atoms with Gasteiger partial charge < -0.3 is 0 Å². The second kappa shape index (κ2) is 9.76. The maximum atomic E-state index is 4.53. The summed E-state index contributed by atoms with van der Waals surface area (Å²) in [6, 6.07) is 0. The molecule has 0 aromatic carbocycles. The van der Waals surface area contributed by atoms with Gasteiger partial charge >= 0.3 is 0 Å². The lowest BCUT2D eigenvalue weighted by atomic mass is 10.1. The quantitative estimate of drug-likeness (QED) is 0.395. The molecule has 0 saturated carbocycles. The van der Waals surface area contributed by atoms with Gasteiger partial charge in [0.2, 0.25) is 0 Å². The second-order valence-corrected chi connectivity index (χ2v) is 3.78. The van der Waals surface area contributed by atoms with Gasteiger partial charge in [-0.1, -0.05) is 39.5 Å². The number of nitrogens with zero attached hydrogens (tertiary/aromatic N) is 1. The van der Waals surface area contributed by atoms with E-state index in [-0.39, 0.29) is 0 Å². The van der Waals surface area contributed by atoms with Crippen LogP contribution in [0.1, 0.15) is 65.7 Å². The van der Waals surface area contributed by atoms with E-state index in [4.69, 9.17) is 0 Å². The Morgan fingerprint density at radius 1 is 0.923 bits per heavy atom. The molecule has 0 spiro atoms. The van der Waals surface area contributed by atoms with Crippen LogP contribution in [0.3, 0.4) is 0 Å². The largest absolute Gasteiger partial charge is 0.294 e. The predicted molar refractivity (Wildman–Crippen MR) is 61.6 cm³/mol. The molecule has 0 atom stereocenters. The van der Waals surface area contributed by atoms with Gasteiger partial charge in [0, 0.05) is 12.3 Å². The summed E-state index contributed by atoms with van der Waals surface area (Å²) in [5.41, 5.74) is 1.35. The summed E-state index contributed by atoms with van der Waals surface area (Å²) in [4.78, 5) is 4.53. The van der Waals surface area contributed by atoms with Gasteiger partial charge in [0.05, 0.1) is 0 Å². The lowest BCUT2D eigenvalue weighted by Crippen LogP contribution is -1.93. The van der Waals surface area contributed by atoms with E-state index >= 15 is 0 Å². The zero-order valence-electron chi connectivity index (χ0n) is 9.60. The number of rotatable bonds is 8. The van der Waals surface area contributed by atoms with Crippen molar-refractivity contribution < 1.29 is 0 Å². The van der Waals surface area contributed by atoms with Crippen molar-refractivity contribution in [2.45, 2.75) is 65.7 Å². The Balaban J connectivity index is 3.27. The van der Waals surface area contributed by atoms with Gasteiger partial charge in [0.15, 0.2) is 0 Å². The number of unbranched alkanes of at least 4 members (excludes halogenated alkanes) is 4. The molecule has 0 unspecified atom stereocenters. The van der Waals surface area contributed by atoms with Crippen LogP contribution in [-0.2, 0) is 0 Å². The zero-order valence-corrected chi connectivity index (χ0v) is 9.60. The molecule has 0 radical (unpaired) electrons. The summed E-state index contributed by atoms with van der Waals surface area (Å²) < 4.78 is 0. The lowest BCUT2D eigenvalue weighted by Gasteiger charge is -2.00. The van der Waals surface area contributed by atoms with Crippen LogP contribution in [0.15, 0.2) is 4.99 Å². The third-order valence-corrected chi connectivity index (χ3v) is 2.29. The maximum Gasteiger partial charge on any atom is 0.0388 e. The molecule has 0 amide bonds. The van der Waals surface area contributed by atoms with Gasteiger partial charge in [0.25, 0.3) is 0 Å². The van der Waals surface area contributed by atoms with E-state index in [1.807, 2.05) is 0 Å². The molecule has 0 aliphatic rings. The van der Waals surface area contributed by atoms with E-state index < -0.39 is 0 Å². The molecule has 0 aliphatic heterocycles. The van der Waals surface area contributed by atoms with Crippen molar-refractivity contribution in [3.63, 3.8) is 0 Å². The second-order valence-electron chi connectivity index (χ2n) is 3.78. The van der Waals surface area contributed by atoms with Crippen molar-refractivity contribution in [1.29, 1.82) is 0 Å². The van der Waals surface area contributed by atoms with Crippen LogP contribution >= 0.6 is 0 Å². The van der Waals surface area contributed by atoms with Gasteiger partial charge in [0.1, 0.15) is 0 Å². The van der Waals surface area contributed by atoms with E-state index in [2.05, 4.69) is 25.8 Å². The third-order valence-electron chi connectivity index (χ3n) is 2.29. The summed E-state index contributed by atoms with van der Waals surface area (Å²) in [7, 11) is 0. The summed E-state index contributed by atoms with van der Waals surface area (Å²) >= 11 is 0. The molecule has 0 heterocycles. The zero-order chi connectivity index (χ0) is 9.94. The Labute approximate surface area is 83.6 Å². The highest BCUT2D eigenvalue weighted by Crippen LogP contribution is 2.03. The average Bonchev–Trinajstić information content (AvgIpc) is 2.13. The van der Waals surface area contributed by atoms with Crippen LogP contribution in [0.5, 0.6) is 0 Å². The number of aliphatic imine (C=N–C) groups is 1. The Morgan fingerprint density at radius 3 is 2.23 bits per heavy atom. The third kappa shape index (κ3) is 9.59. The van der Waals surface area contributed by atoms with Crippen molar-refractivity contribution in [2.24, 2.45) is 4.99 Å². The summed E-state index contributed by atoms with van der Waals surface area (Å²) in [6.45, 7) is 7.67. The molecule has 0 aromatic heterocycles. The van der Waals surface area contributed by atoms with Crippen molar-refractivity contribution in [2.75, 3.05) is 6.54 Å². The summed E-state index contributed by atoms with van der Waals surface area (Å²) in [5.74, 6) is 0. The predicted octanol–water partition coefficient (Wildman–Crippen LogP) is 4.22. The van der Waals surface area contributed by atoms with Crippen LogP contribution in [-0.4, -0.2) is 12.3 Å². The van der Waals surface area contributed by atoms with E-state index in [0.717, 1.165) is 6.54 Å². The van der Waals surface area contributed by atoms with Crippen molar-refractivity contribution in [3.8, 4) is 0 Å². The molecule has 13 heavy (non-hydrogen) atoms. The lowest BCUT2D eigenvalue weighted by molar-refractivity contribution is 0.680. The van der Waals surface area contributed by atoms with Crippen molar-refractivity contribution in [3.05, 3.63) is 0 Å². The first-order valence-electron chi connectivity index (χ1n) is 5.81. The highest BCUT2D eigenvalue weighted by molar-refractivity contribution is 5.81. The van der Waals surface area contributed by atoms with E-state index in [9.17, 15) is 0 Å². The molecule has 1 nitrogen and oxygen atoms in total. The number of hydrogen-bond donors (Lipinski definition) is 0. The van der Waals surface area contributed by atoms with Gasteiger partial charge in [-0.15, -0.1) is 0 Å². The highest BCUT2D eigenvalue weighted by Gasteiger charge is 1.91. The van der Waals surface area contributed by atoms with Crippen LogP contribution in [0.2, 0.25) is 0 Å². The van der Waals surface area contributed by atoms with Crippen LogP contribution in [0, 0.1) is 0 Å². The fourth-order valence-electron chi connectivity index (χ4n) is 1.31. The normalized spacial score (nSPS) is 12.1. The monoisotopic (exact) mass is 183 g/mol. The van der Waals surface area contributed by atoms with Gasteiger partial charge in [-0.2, -0.15) is 0 Å². The molecule has 0 bridgehead atoms. The number of hydrogen-bond acceptors (Lipinski definition) is 1. The summed E-state index contributed by atoms with van der Waals surface area (Å²) in [6.07, 6.45) is 9.11. The first kappa shape index (κ1) is 12.7. The fraction of sp³-hybridized carbons (Fsp3) is 0.917. The van der Waals surface area contributed by atoms with Gasteiger partial charge in [-0.05, 0) is 26.2 Å². The standard InChI is InChI=1S/C12H25N/c1-4-6-8-9-10-12(3)13-11-7-5-2/h4-11H2,1-3H3. The molecule has 0 saturated heterocycles. The van der Waals surface area contributed by atoms with Crippen LogP contribution < -0.4 is 0 Å². The first-order valence-corrected chi connectivity index (χ1v) is 5.81. The topological polar surface area (TPSA) is 12.4 Å². The van der Waals surface area contributed by atoms with E-state index in [1.165, 1.54) is 50.7 Å². The molecule has 0 fully saturated rings. The minimum absolute atomic E-state index is 1.04. The molecule has 0 rings (SSSR count). The fourth-order valence-corrected chi connectivity index (χ4v) is 1.31. The Hall–Kier alpha value is -0.330. The van der Waals surface area contributed by atoms with E-state index in [0.29, 0.717) is 0 Å². The molecule has 0 aliphatic carbocycles. The first-order chi connectivity index (χ1) is 6.31. The van der Waals surface area contributed by atoms with Crippen molar-refractivity contribution in [1.82, 2.24) is 0 Å². The van der Waals surface area contributed by atoms with Crippen LogP contribution in [0.25, 0.3) is 0 Å².